The molecular formula is C26H43N3O6. The van der Waals surface area contributed by atoms with Gasteiger partial charge in [-0.15, -0.1) is 0 Å². The number of esters is 1. The number of hydrogen-bond donors (Lipinski definition) is 1. The van der Waals surface area contributed by atoms with Crippen molar-refractivity contribution in [3.05, 3.63) is 0 Å². The van der Waals surface area contributed by atoms with Crippen LogP contribution in [0.1, 0.15) is 79.1 Å². The number of amides is 3. The molecule has 3 fully saturated rings. The zero-order chi connectivity index (χ0) is 25.9. The van der Waals surface area contributed by atoms with E-state index in [0.717, 1.165) is 51.4 Å². The molecule has 1 aliphatic heterocycles. The Morgan fingerprint density at radius 1 is 1.00 bits per heavy atom. The summed E-state index contributed by atoms with van der Waals surface area (Å²) in [4.78, 5) is 55.2. The summed E-state index contributed by atoms with van der Waals surface area (Å²) in [6.07, 6.45) is 6.83. The first-order valence-electron chi connectivity index (χ1n) is 13.1. The third-order valence-electron chi connectivity index (χ3n) is 7.96. The van der Waals surface area contributed by atoms with Crippen LogP contribution in [0.25, 0.3) is 0 Å². The van der Waals surface area contributed by atoms with Gasteiger partial charge in [0.1, 0.15) is 17.7 Å². The van der Waals surface area contributed by atoms with Crippen LogP contribution < -0.4 is 5.32 Å². The fraction of sp³-hybridized carbons (Fsp3) is 0.846. The summed E-state index contributed by atoms with van der Waals surface area (Å²) in [6.45, 7) is 7.55. The fourth-order valence-electron chi connectivity index (χ4n) is 5.94. The van der Waals surface area contributed by atoms with Crippen molar-refractivity contribution >= 4 is 23.9 Å². The monoisotopic (exact) mass is 493 g/mol. The Bertz CT molecular complexity index is 803. The van der Waals surface area contributed by atoms with Gasteiger partial charge in [0.2, 0.25) is 11.8 Å². The molecule has 0 radical (unpaired) electrons. The van der Waals surface area contributed by atoms with Crippen LogP contribution in [-0.4, -0.2) is 78.1 Å². The molecule has 198 valence electrons. The highest BCUT2D eigenvalue weighted by Gasteiger charge is 2.51. The number of rotatable bonds is 6. The quantitative estimate of drug-likeness (QED) is 0.570. The molecular weight excluding hydrogens is 450 g/mol. The molecule has 0 aromatic carbocycles. The largest absolute Gasteiger partial charge is 0.469 e. The molecule has 9 heteroatoms. The Kier molecular flexibility index (Phi) is 8.70. The van der Waals surface area contributed by atoms with Crippen LogP contribution in [0.15, 0.2) is 0 Å². The minimum atomic E-state index is -0.802. The number of hydrogen-bond acceptors (Lipinski definition) is 6. The number of fused-ring (bicyclic) bond motifs is 1. The van der Waals surface area contributed by atoms with Gasteiger partial charge in [-0.3, -0.25) is 19.3 Å². The first kappa shape index (κ1) is 27.3. The van der Waals surface area contributed by atoms with Crippen LogP contribution in [0.3, 0.4) is 0 Å². The van der Waals surface area contributed by atoms with Gasteiger partial charge in [-0.1, -0.05) is 19.3 Å². The first-order chi connectivity index (χ1) is 16.4. The van der Waals surface area contributed by atoms with Crippen molar-refractivity contribution in [3.63, 3.8) is 0 Å². The maximum Gasteiger partial charge on any atom is 0.410 e. The van der Waals surface area contributed by atoms with Crippen LogP contribution >= 0.6 is 0 Å². The Balaban J connectivity index is 1.76. The van der Waals surface area contributed by atoms with Crippen LogP contribution in [0, 0.1) is 17.8 Å². The van der Waals surface area contributed by atoms with Gasteiger partial charge in [0.15, 0.2) is 0 Å². The lowest BCUT2D eigenvalue weighted by Crippen LogP contribution is -2.58. The lowest BCUT2D eigenvalue weighted by Gasteiger charge is -2.37. The third-order valence-corrected chi connectivity index (χ3v) is 7.96. The molecule has 0 unspecified atom stereocenters. The molecule has 35 heavy (non-hydrogen) atoms. The highest BCUT2D eigenvalue weighted by molar-refractivity contribution is 5.92. The van der Waals surface area contributed by atoms with Crippen LogP contribution in [0.2, 0.25) is 0 Å². The maximum absolute atomic E-state index is 13.9. The topological polar surface area (TPSA) is 105 Å². The molecule has 3 amide bonds. The second-order valence-corrected chi connectivity index (χ2v) is 11.4. The SMILES string of the molecule is COC(=O)[C@H]1CC[C@@H]2CCN(C(=O)[C@@H](NC(=O)[C@H](C)N(C)C(=O)OC(C)(C)C)C3CCCCC3)[C@@H]21. The minimum Gasteiger partial charge on any atom is -0.469 e. The van der Waals surface area contributed by atoms with Crippen molar-refractivity contribution in [1.29, 1.82) is 0 Å². The number of likely N-dealkylation sites (tertiary alicyclic amines) is 1. The molecule has 0 aromatic heterocycles. The number of carbonyl (C=O) groups excluding carboxylic acids is 4. The van der Waals surface area contributed by atoms with Crippen molar-refractivity contribution in [2.24, 2.45) is 17.8 Å². The van der Waals surface area contributed by atoms with Crippen molar-refractivity contribution in [1.82, 2.24) is 15.1 Å². The van der Waals surface area contributed by atoms with Gasteiger partial charge >= 0.3 is 12.1 Å². The number of nitrogens with one attached hydrogen (secondary N) is 1. The van der Waals surface area contributed by atoms with Gasteiger partial charge in [-0.25, -0.2) is 4.79 Å². The Labute approximate surface area is 209 Å². The molecule has 9 nitrogen and oxygen atoms in total. The minimum absolute atomic E-state index is 0.0382. The predicted octanol–water partition coefficient (Wildman–Crippen LogP) is 3.11. The van der Waals surface area contributed by atoms with E-state index >= 15 is 0 Å². The highest BCUT2D eigenvalue weighted by atomic mass is 16.6. The number of ether oxygens (including phenoxy) is 2. The predicted molar refractivity (Wildman–Crippen MR) is 130 cm³/mol. The van der Waals surface area contributed by atoms with E-state index in [1.54, 1.807) is 27.7 Å². The average molecular weight is 494 g/mol. The zero-order valence-corrected chi connectivity index (χ0v) is 22.2. The molecule has 3 rings (SSSR count). The average Bonchev–Trinajstić information content (AvgIpc) is 3.42. The van der Waals surface area contributed by atoms with E-state index in [1.807, 2.05) is 4.90 Å². The molecule has 1 N–H and O–H groups in total. The standard InChI is InChI=1S/C26H43N3O6/c1-16(28(5)25(33)35-26(2,3)4)22(30)27-20(17-10-8-7-9-11-17)23(31)29-15-14-18-12-13-19(21(18)29)24(32)34-6/h16-21H,7-15H2,1-6H3,(H,27,30)/t16-,18+,19-,20-,21-/m0/s1. The second-order valence-electron chi connectivity index (χ2n) is 11.4. The van der Waals surface area contributed by atoms with Crippen LogP contribution in [0.4, 0.5) is 4.79 Å². The molecule has 3 aliphatic rings. The lowest BCUT2D eigenvalue weighted by molar-refractivity contribution is -0.149. The maximum atomic E-state index is 13.9. The lowest BCUT2D eigenvalue weighted by atomic mass is 9.83. The summed E-state index contributed by atoms with van der Waals surface area (Å²) in [7, 11) is 2.92. The van der Waals surface area contributed by atoms with E-state index in [2.05, 4.69) is 5.32 Å². The smallest absolute Gasteiger partial charge is 0.410 e. The summed E-state index contributed by atoms with van der Waals surface area (Å²) < 4.78 is 10.4. The van der Waals surface area contributed by atoms with E-state index in [1.165, 1.54) is 19.1 Å². The summed E-state index contributed by atoms with van der Waals surface area (Å²) in [5.74, 6) is -0.728. The third kappa shape index (κ3) is 6.28. The molecule has 1 saturated heterocycles. The molecule has 2 saturated carbocycles. The van der Waals surface area contributed by atoms with Crippen molar-refractivity contribution in [2.75, 3.05) is 20.7 Å². The van der Waals surface area contributed by atoms with Crippen molar-refractivity contribution in [3.8, 4) is 0 Å². The van der Waals surface area contributed by atoms with Gasteiger partial charge in [-0.05, 0) is 71.6 Å². The van der Waals surface area contributed by atoms with Crippen molar-refractivity contribution in [2.45, 2.75) is 103 Å². The molecule has 0 spiro atoms. The van der Waals surface area contributed by atoms with E-state index < -0.39 is 23.8 Å². The van der Waals surface area contributed by atoms with E-state index in [4.69, 9.17) is 9.47 Å². The van der Waals surface area contributed by atoms with Gasteiger partial charge in [0.05, 0.1) is 13.0 Å². The molecule has 0 aromatic rings. The summed E-state index contributed by atoms with van der Waals surface area (Å²) in [5, 5.41) is 3.00. The van der Waals surface area contributed by atoms with Gasteiger partial charge in [0, 0.05) is 19.6 Å². The second kappa shape index (κ2) is 11.2. The highest BCUT2D eigenvalue weighted by Crippen LogP contribution is 2.43. The fourth-order valence-corrected chi connectivity index (χ4v) is 5.94. The Morgan fingerprint density at radius 2 is 1.66 bits per heavy atom. The molecule has 2 aliphatic carbocycles. The van der Waals surface area contributed by atoms with Crippen molar-refractivity contribution < 1.29 is 28.7 Å². The summed E-state index contributed by atoms with van der Waals surface area (Å²) in [6, 6.07) is -1.64. The molecule has 1 heterocycles. The number of nitrogens with zero attached hydrogens (tertiary/aromatic N) is 2. The Hall–Kier alpha value is -2.32. The van der Waals surface area contributed by atoms with Gasteiger partial charge in [-0.2, -0.15) is 0 Å². The molecule has 0 bridgehead atoms. The van der Waals surface area contributed by atoms with E-state index in [9.17, 15) is 19.2 Å². The van der Waals surface area contributed by atoms with Crippen LogP contribution in [-0.2, 0) is 23.9 Å². The first-order valence-corrected chi connectivity index (χ1v) is 13.1. The number of carbonyl (C=O) groups is 4. The van der Waals surface area contributed by atoms with Gasteiger partial charge < -0.3 is 19.7 Å². The zero-order valence-electron chi connectivity index (χ0n) is 22.2. The summed E-state index contributed by atoms with van der Waals surface area (Å²) in [5.41, 5.74) is -0.675. The Morgan fingerprint density at radius 3 is 2.26 bits per heavy atom. The number of likely N-dealkylation sites (N-methyl/N-ethyl adjacent to an activating group) is 1. The van der Waals surface area contributed by atoms with E-state index in [-0.39, 0.29) is 35.7 Å². The van der Waals surface area contributed by atoms with E-state index in [0.29, 0.717) is 12.5 Å². The van der Waals surface area contributed by atoms with Gasteiger partial charge in [0.25, 0.3) is 0 Å². The number of methoxy groups -OCH3 is 1. The van der Waals surface area contributed by atoms with Crippen LogP contribution in [0.5, 0.6) is 0 Å². The molecule has 5 atom stereocenters. The normalized spacial score (nSPS) is 26.5. The summed E-state index contributed by atoms with van der Waals surface area (Å²) >= 11 is 0.